The summed E-state index contributed by atoms with van der Waals surface area (Å²) in [5.74, 6) is -0.457. The van der Waals surface area contributed by atoms with Crippen LogP contribution in [-0.2, 0) is 16.1 Å². The van der Waals surface area contributed by atoms with Crippen LogP contribution in [0.25, 0.3) is 0 Å². The van der Waals surface area contributed by atoms with E-state index in [0.717, 1.165) is 10.0 Å². The van der Waals surface area contributed by atoms with E-state index in [2.05, 4.69) is 21.2 Å². The van der Waals surface area contributed by atoms with Crippen LogP contribution in [0, 0.1) is 10.1 Å². The average molecular weight is 480 g/mol. The molecule has 0 saturated heterocycles. The number of carbonyl (C=O) groups is 2. The number of halogens is 1. The fourth-order valence-electron chi connectivity index (χ4n) is 2.70. The van der Waals surface area contributed by atoms with Gasteiger partial charge in [-0.05, 0) is 30.7 Å². The van der Waals surface area contributed by atoms with Gasteiger partial charge in [0, 0.05) is 30.2 Å². The Kier molecular flexibility index (Phi) is 8.16. The molecule has 160 valence electrons. The lowest BCUT2D eigenvalue weighted by molar-refractivity contribution is -0.385. The maximum atomic E-state index is 12.9. The van der Waals surface area contributed by atoms with Crippen LogP contribution in [-0.4, -0.2) is 48.4 Å². The van der Waals surface area contributed by atoms with Crippen molar-refractivity contribution in [2.75, 3.05) is 20.8 Å². The van der Waals surface area contributed by atoms with Crippen LogP contribution in [0.2, 0.25) is 0 Å². The van der Waals surface area contributed by atoms with Crippen molar-refractivity contribution in [3.05, 3.63) is 62.6 Å². The molecule has 2 aromatic carbocycles. The number of benzene rings is 2. The summed E-state index contributed by atoms with van der Waals surface area (Å²) in [6.07, 6.45) is 0. The Morgan fingerprint density at radius 3 is 2.47 bits per heavy atom. The van der Waals surface area contributed by atoms with E-state index in [4.69, 9.17) is 9.47 Å². The van der Waals surface area contributed by atoms with E-state index in [-0.39, 0.29) is 36.2 Å². The monoisotopic (exact) mass is 479 g/mol. The Balaban J connectivity index is 2.16. The highest BCUT2D eigenvalue weighted by Gasteiger charge is 2.26. The Morgan fingerprint density at radius 1 is 1.23 bits per heavy atom. The number of carbonyl (C=O) groups excluding carboxylic acids is 2. The topological polar surface area (TPSA) is 111 Å². The Bertz CT molecular complexity index is 919. The molecule has 0 aliphatic heterocycles. The number of nitro benzene ring substituents is 1. The zero-order valence-corrected chi connectivity index (χ0v) is 18.3. The summed E-state index contributed by atoms with van der Waals surface area (Å²) < 4.78 is 11.4. The Labute approximate surface area is 182 Å². The summed E-state index contributed by atoms with van der Waals surface area (Å²) in [6, 6.07) is 10.6. The first-order valence-electron chi connectivity index (χ1n) is 8.97. The second-order valence-electron chi connectivity index (χ2n) is 6.32. The predicted octanol–water partition coefficient (Wildman–Crippen LogP) is 2.91. The van der Waals surface area contributed by atoms with Gasteiger partial charge in [0.15, 0.2) is 6.61 Å². The molecule has 30 heavy (non-hydrogen) atoms. The highest BCUT2D eigenvalue weighted by atomic mass is 79.9. The molecule has 0 bridgehead atoms. The largest absolute Gasteiger partial charge is 0.490 e. The fraction of sp³-hybridized carbons (Fsp3) is 0.300. The number of hydrogen-bond acceptors (Lipinski definition) is 6. The van der Waals surface area contributed by atoms with E-state index in [0.29, 0.717) is 0 Å². The molecule has 2 rings (SSSR count). The van der Waals surface area contributed by atoms with Gasteiger partial charge in [0.25, 0.3) is 5.91 Å². The molecule has 0 spiro atoms. The number of likely N-dealkylation sites (N-methyl/N-ethyl adjacent to an activating group) is 1. The van der Waals surface area contributed by atoms with E-state index in [1.54, 1.807) is 6.92 Å². The van der Waals surface area contributed by atoms with Crippen LogP contribution < -0.4 is 14.8 Å². The summed E-state index contributed by atoms with van der Waals surface area (Å²) in [5, 5.41) is 13.5. The molecule has 0 aliphatic carbocycles. The van der Waals surface area contributed by atoms with Crippen LogP contribution in [0.1, 0.15) is 12.5 Å². The minimum absolute atomic E-state index is 0.0235. The average Bonchev–Trinajstić information content (AvgIpc) is 2.75. The highest BCUT2D eigenvalue weighted by molar-refractivity contribution is 9.10. The highest BCUT2D eigenvalue weighted by Crippen LogP contribution is 2.30. The van der Waals surface area contributed by atoms with E-state index in [1.807, 2.05) is 24.3 Å². The molecule has 1 unspecified atom stereocenters. The van der Waals surface area contributed by atoms with Crippen LogP contribution in [0.15, 0.2) is 46.9 Å². The molecule has 0 aliphatic rings. The number of nitrogens with zero attached hydrogens (tertiary/aromatic N) is 2. The third kappa shape index (κ3) is 5.93. The van der Waals surface area contributed by atoms with E-state index < -0.39 is 16.9 Å². The first-order valence-corrected chi connectivity index (χ1v) is 9.76. The smallest absolute Gasteiger partial charge is 0.311 e. The number of rotatable bonds is 9. The third-order valence-electron chi connectivity index (χ3n) is 4.39. The Hall–Kier alpha value is -3.14. The van der Waals surface area contributed by atoms with Crippen molar-refractivity contribution in [3.8, 4) is 11.5 Å². The van der Waals surface area contributed by atoms with Gasteiger partial charge >= 0.3 is 5.69 Å². The predicted molar refractivity (Wildman–Crippen MR) is 113 cm³/mol. The maximum absolute atomic E-state index is 12.9. The molecule has 0 heterocycles. The second-order valence-corrected chi connectivity index (χ2v) is 7.23. The van der Waals surface area contributed by atoms with Crippen molar-refractivity contribution in [2.45, 2.75) is 19.5 Å². The standard InChI is InChI=1S/C20H22BrN3O6/c1-13(20(26)22-2)23(11-14-4-6-15(21)7-5-14)19(25)12-30-16-8-9-17(24(27)28)18(10-16)29-3/h4-10,13H,11-12H2,1-3H3,(H,22,26). The van der Waals surface area contributed by atoms with Crippen molar-refractivity contribution in [2.24, 2.45) is 0 Å². The number of nitrogens with one attached hydrogen (secondary N) is 1. The number of methoxy groups -OCH3 is 1. The van der Waals surface area contributed by atoms with Gasteiger partial charge in [-0.1, -0.05) is 28.1 Å². The number of hydrogen-bond donors (Lipinski definition) is 1. The molecule has 1 atom stereocenters. The molecule has 0 fully saturated rings. The van der Waals surface area contributed by atoms with Gasteiger partial charge in [0.1, 0.15) is 11.8 Å². The van der Waals surface area contributed by atoms with Crippen molar-refractivity contribution in [1.29, 1.82) is 0 Å². The molecular formula is C20H22BrN3O6. The summed E-state index contributed by atoms with van der Waals surface area (Å²) in [5.41, 5.74) is 0.639. The van der Waals surface area contributed by atoms with Gasteiger partial charge in [0.05, 0.1) is 12.0 Å². The molecule has 2 aromatic rings. The lowest BCUT2D eigenvalue weighted by atomic mass is 10.1. The fourth-order valence-corrected chi connectivity index (χ4v) is 2.97. The van der Waals surface area contributed by atoms with Crippen LogP contribution in [0.5, 0.6) is 11.5 Å². The quantitative estimate of drug-likeness (QED) is 0.437. The minimum atomic E-state index is -0.721. The summed E-state index contributed by atoms with van der Waals surface area (Å²) in [4.78, 5) is 36.8. The molecule has 2 amide bonds. The van der Waals surface area contributed by atoms with E-state index in [1.165, 1.54) is 37.3 Å². The maximum Gasteiger partial charge on any atom is 0.311 e. The number of amides is 2. The summed E-state index contributed by atoms with van der Waals surface area (Å²) in [7, 11) is 2.81. The molecule has 9 nitrogen and oxygen atoms in total. The Morgan fingerprint density at radius 2 is 1.90 bits per heavy atom. The van der Waals surface area contributed by atoms with Crippen molar-refractivity contribution < 1.29 is 24.0 Å². The summed E-state index contributed by atoms with van der Waals surface area (Å²) in [6.45, 7) is 1.50. The van der Waals surface area contributed by atoms with Gasteiger partial charge < -0.3 is 19.7 Å². The van der Waals surface area contributed by atoms with Crippen LogP contribution in [0.4, 0.5) is 5.69 Å². The van der Waals surface area contributed by atoms with Crippen molar-refractivity contribution in [3.63, 3.8) is 0 Å². The first kappa shape index (κ1) is 23.1. The zero-order chi connectivity index (χ0) is 22.3. The molecule has 1 N–H and O–H groups in total. The lowest BCUT2D eigenvalue weighted by Crippen LogP contribution is -2.48. The molecule has 0 aromatic heterocycles. The molecule has 0 radical (unpaired) electrons. The van der Waals surface area contributed by atoms with E-state index >= 15 is 0 Å². The zero-order valence-electron chi connectivity index (χ0n) is 16.8. The summed E-state index contributed by atoms with van der Waals surface area (Å²) >= 11 is 3.36. The van der Waals surface area contributed by atoms with Crippen LogP contribution >= 0.6 is 15.9 Å². The molecule has 0 saturated carbocycles. The minimum Gasteiger partial charge on any atom is -0.490 e. The second kappa shape index (κ2) is 10.6. The SMILES string of the molecule is CNC(=O)C(C)N(Cc1ccc(Br)cc1)C(=O)COc1ccc([N+](=O)[O-])c(OC)c1. The van der Waals surface area contributed by atoms with Gasteiger partial charge in [-0.2, -0.15) is 0 Å². The van der Waals surface area contributed by atoms with Crippen LogP contribution in [0.3, 0.4) is 0 Å². The number of nitro groups is 1. The van der Waals surface area contributed by atoms with Crippen molar-refractivity contribution in [1.82, 2.24) is 10.2 Å². The van der Waals surface area contributed by atoms with Gasteiger partial charge in [0.2, 0.25) is 11.7 Å². The van der Waals surface area contributed by atoms with Gasteiger partial charge in [-0.15, -0.1) is 0 Å². The molecule has 10 heteroatoms. The normalized spacial score (nSPS) is 11.3. The third-order valence-corrected chi connectivity index (χ3v) is 4.92. The molecular weight excluding hydrogens is 458 g/mol. The van der Waals surface area contributed by atoms with E-state index in [9.17, 15) is 19.7 Å². The lowest BCUT2D eigenvalue weighted by Gasteiger charge is -2.28. The number of ether oxygens (including phenoxy) is 2. The van der Waals surface area contributed by atoms with Gasteiger partial charge in [-0.3, -0.25) is 19.7 Å². The first-order chi connectivity index (χ1) is 14.3. The van der Waals surface area contributed by atoms with Crippen molar-refractivity contribution >= 4 is 33.4 Å². The van der Waals surface area contributed by atoms with Gasteiger partial charge in [-0.25, -0.2) is 0 Å².